The maximum atomic E-state index is 5.97. The van der Waals surface area contributed by atoms with E-state index >= 15 is 0 Å². The van der Waals surface area contributed by atoms with Gasteiger partial charge >= 0.3 is 0 Å². The van der Waals surface area contributed by atoms with Crippen LogP contribution < -0.4 is 5.32 Å². The van der Waals surface area contributed by atoms with Gasteiger partial charge in [-0.15, -0.1) is 0 Å². The van der Waals surface area contributed by atoms with Gasteiger partial charge in [0.15, 0.2) is 0 Å². The summed E-state index contributed by atoms with van der Waals surface area (Å²) in [6, 6.07) is 7.65. The fourth-order valence-corrected chi connectivity index (χ4v) is 2.61. The summed E-state index contributed by atoms with van der Waals surface area (Å²) in [5, 5.41) is 8.14. The second-order valence-corrected chi connectivity index (χ2v) is 5.54. The number of hydrogen-bond acceptors (Lipinski definition) is 4. The van der Waals surface area contributed by atoms with Crippen LogP contribution in [0.25, 0.3) is 11.4 Å². The second-order valence-electron chi connectivity index (χ2n) is 5.10. The van der Waals surface area contributed by atoms with E-state index in [9.17, 15) is 0 Å². The van der Waals surface area contributed by atoms with Crippen molar-refractivity contribution >= 4 is 11.6 Å². The molecule has 1 aliphatic heterocycles. The monoisotopic (exact) mass is 277 g/mol. The minimum absolute atomic E-state index is 0.171. The molecule has 19 heavy (non-hydrogen) atoms. The van der Waals surface area contributed by atoms with Gasteiger partial charge in [0.2, 0.25) is 11.7 Å². The van der Waals surface area contributed by atoms with Crippen LogP contribution in [0, 0.1) is 5.92 Å². The molecule has 1 aromatic heterocycles. The van der Waals surface area contributed by atoms with Gasteiger partial charge < -0.3 is 9.84 Å². The van der Waals surface area contributed by atoms with Gasteiger partial charge in [-0.2, -0.15) is 4.98 Å². The molecule has 0 amide bonds. The van der Waals surface area contributed by atoms with E-state index in [2.05, 4.69) is 22.4 Å². The minimum Gasteiger partial charge on any atom is -0.337 e. The molecule has 0 bridgehead atoms. The standard InChI is InChI=1S/C14H16ClN3O/c1-9-5-6-16-12(7-9)14-17-13(18-19-14)10-3-2-4-11(15)8-10/h2-4,8-9,12,16H,5-7H2,1H3/t9-,12-/m0/s1. The van der Waals surface area contributed by atoms with Crippen molar-refractivity contribution in [2.75, 3.05) is 6.54 Å². The van der Waals surface area contributed by atoms with Crippen LogP contribution in [0.1, 0.15) is 31.7 Å². The number of halogens is 1. The molecular weight excluding hydrogens is 262 g/mol. The minimum atomic E-state index is 0.171. The Bertz CT molecular complexity index is 569. The number of aromatic nitrogens is 2. The first-order valence-corrected chi connectivity index (χ1v) is 6.93. The average molecular weight is 278 g/mol. The molecule has 2 aromatic rings. The quantitative estimate of drug-likeness (QED) is 0.913. The summed E-state index contributed by atoms with van der Waals surface area (Å²) in [6.07, 6.45) is 2.24. The van der Waals surface area contributed by atoms with Gasteiger partial charge in [0.1, 0.15) is 0 Å². The molecule has 2 atom stereocenters. The van der Waals surface area contributed by atoms with Crippen molar-refractivity contribution in [3.05, 3.63) is 35.2 Å². The SMILES string of the molecule is C[C@H]1CCN[C@H](c2nc(-c3cccc(Cl)c3)no2)C1. The first-order chi connectivity index (χ1) is 9.22. The molecule has 100 valence electrons. The fraction of sp³-hybridized carbons (Fsp3) is 0.429. The van der Waals surface area contributed by atoms with Crippen molar-refractivity contribution in [1.82, 2.24) is 15.5 Å². The summed E-state index contributed by atoms with van der Waals surface area (Å²) >= 11 is 5.97. The van der Waals surface area contributed by atoms with E-state index < -0.39 is 0 Å². The predicted octanol–water partition coefficient (Wildman–Crippen LogP) is 3.45. The highest BCUT2D eigenvalue weighted by atomic mass is 35.5. The Hall–Kier alpha value is -1.39. The molecule has 5 heteroatoms. The molecular formula is C14H16ClN3O. The Morgan fingerprint density at radius 3 is 3.11 bits per heavy atom. The van der Waals surface area contributed by atoms with E-state index in [0.717, 1.165) is 18.5 Å². The molecule has 0 saturated carbocycles. The molecule has 0 unspecified atom stereocenters. The maximum absolute atomic E-state index is 5.97. The smallest absolute Gasteiger partial charge is 0.244 e. The van der Waals surface area contributed by atoms with E-state index in [1.165, 1.54) is 6.42 Å². The lowest BCUT2D eigenvalue weighted by Crippen LogP contribution is -2.30. The second kappa shape index (κ2) is 5.31. The van der Waals surface area contributed by atoms with Crippen molar-refractivity contribution < 1.29 is 4.52 Å². The molecule has 0 radical (unpaired) electrons. The summed E-state index contributed by atoms with van der Waals surface area (Å²) in [5.74, 6) is 1.95. The van der Waals surface area contributed by atoms with Crippen molar-refractivity contribution in [1.29, 1.82) is 0 Å². The highest BCUT2D eigenvalue weighted by Gasteiger charge is 2.24. The van der Waals surface area contributed by atoms with Crippen LogP contribution in [-0.2, 0) is 0 Å². The molecule has 1 N–H and O–H groups in total. The van der Waals surface area contributed by atoms with E-state index in [1.807, 2.05) is 24.3 Å². The van der Waals surface area contributed by atoms with Crippen molar-refractivity contribution in [2.24, 2.45) is 5.92 Å². The topological polar surface area (TPSA) is 51.0 Å². The van der Waals surface area contributed by atoms with E-state index in [0.29, 0.717) is 22.7 Å². The fourth-order valence-electron chi connectivity index (χ4n) is 2.42. The van der Waals surface area contributed by atoms with Crippen LogP contribution in [0.2, 0.25) is 5.02 Å². The van der Waals surface area contributed by atoms with Crippen LogP contribution in [-0.4, -0.2) is 16.7 Å². The van der Waals surface area contributed by atoms with E-state index in [1.54, 1.807) is 0 Å². The lowest BCUT2D eigenvalue weighted by atomic mass is 9.94. The molecule has 1 aromatic carbocycles. The molecule has 0 aliphatic carbocycles. The number of nitrogens with zero attached hydrogens (tertiary/aromatic N) is 2. The third-order valence-corrected chi connectivity index (χ3v) is 3.72. The molecule has 3 rings (SSSR count). The van der Waals surface area contributed by atoms with Gasteiger partial charge in [0.05, 0.1) is 6.04 Å². The lowest BCUT2D eigenvalue weighted by molar-refractivity contribution is 0.260. The van der Waals surface area contributed by atoms with Gasteiger partial charge in [-0.05, 0) is 37.4 Å². The summed E-state index contributed by atoms with van der Waals surface area (Å²) < 4.78 is 5.38. The summed E-state index contributed by atoms with van der Waals surface area (Å²) in [5.41, 5.74) is 0.881. The Kier molecular flexibility index (Phi) is 3.53. The van der Waals surface area contributed by atoms with Crippen LogP contribution in [0.4, 0.5) is 0 Å². The largest absolute Gasteiger partial charge is 0.337 e. The molecule has 1 saturated heterocycles. The van der Waals surface area contributed by atoms with Crippen molar-refractivity contribution in [3.63, 3.8) is 0 Å². The molecule has 4 nitrogen and oxygen atoms in total. The van der Waals surface area contributed by atoms with Crippen molar-refractivity contribution in [2.45, 2.75) is 25.8 Å². The predicted molar refractivity (Wildman–Crippen MR) is 73.9 cm³/mol. The first-order valence-electron chi connectivity index (χ1n) is 6.55. The summed E-state index contributed by atoms with van der Waals surface area (Å²) in [6.45, 7) is 3.25. The number of piperidine rings is 1. The van der Waals surface area contributed by atoms with Gasteiger partial charge in [-0.25, -0.2) is 0 Å². The highest BCUT2D eigenvalue weighted by molar-refractivity contribution is 6.30. The van der Waals surface area contributed by atoms with Crippen molar-refractivity contribution in [3.8, 4) is 11.4 Å². The lowest BCUT2D eigenvalue weighted by Gasteiger charge is -2.25. The number of benzene rings is 1. The maximum Gasteiger partial charge on any atom is 0.244 e. The Labute approximate surface area is 117 Å². The zero-order valence-corrected chi connectivity index (χ0v) is 11.5. The van der Waals surface area contributed by atoms with Crippen LogP contribution in [0.3, 0.4) is 0 Å². The molecule has 0 spiro atoms. The summed E-state index contributed by atoms with van der Waals surface area (Å²) in [7, 11) is 0. The van der Waals surface area contributed by atoms with Gasteiger partial charge in [0.25, 0.3) is 0 Å². The zero-order valence-electron chi connectivity index (χ0n) is 10.8. The average Bonchev–Trinajstić information content (AvgIpc) is 2.88. The van der Waals surface area contributed by atoms with Crippen LogP contribution in [0.5, 0.6) is 0 Å². The van der Waals surface area contributed by atoms with Gasteiger partial charge in [0, 0.05) is 10.6 Å². The third-order valence-electron chi connectivity index (χ3n) is 3.49. The Morgan fingerprint density at radius 2 is 2.32 bits per heavy atom. The van der Waals surface area contributed by atoms with E-state index in [-0.39, 0.29) is 6.04 Å². The van der Waals surface area contributed by atoms with Crippen LogP contribution in [0.15, 0.2) is 28.8 Å². The summed E-state index contributed by atoms with van der Waals surface area (Å²) in [4.78, 5) is 4.48. The molecule has 1 fully saturated rings. The molecule has 1 aliphatic rings. The number of hydrogen-bond donors (Lipinski definition) is 1. The zero-order chi connectivity index (χ0) is 13.2. The molecule has 2 heterocycles. The highest BCUT2D eigenvalue weighted by Crippen LogP contribution is 2.27. The van der Waals surface area contributed by atoms with E-state index in [4.69, 9.17) is 16.1 Å². The first kappa shape index (κ1) is 12.6. The van der Waals surface area contributed by atoms with Gasteiger partial charge in [-0.3, -0.25) is 0 Å². The normalized spacial score (nSPS) is 23.5. The Balaban J connectivity index is 1.83. The van der Waals surface area contributed by atoms with Gasteiger partial charge in [-0.1, -0.05) is 35.8 Å². The van der Waals surface area contributed by atoms with Crippen LogP contribution >= 0.6 is 11.6 Å². The number of nitrogens with one attached hydrogen (secondary N) is 1. The third kappa shape index (κ3) is 2.80. The number of rotatable bonds is 2. The Morgan fingerprint density at radius 1 is 1.42 bits per heavy atom.